The van der Waals surface area contributed by atoms with Gasteiger partial charge in [-0.3, -0.25) is 4.90 Å². The molecule has 3 heteroatoms. The van der Waals surface area contributed by atoms with Crippen LogP contribution in [0.3, 0.4) is 0 Å². The van der Waals surface area contributed by atoms with Gasteiger partial charge in [0.2, 0.25) is 0 Å². The third kappa shape index (κ3) is 3.98. The van der Waals surface area contributed by atoms with Crippen LogP contribution in [0.15, 0.2) is 24.3 Å². The van der Waals surface area contributed by atoms with Crippen molar-refractivity contribution in [3.8, 4) is 5.75 Å². The summed E-state index contributed by atoms with van der Waals surface area (Å²) in [5.41, 5.74) is 7.78. The normalized spacial score (nSPS) is 25.8. The zero-order valence-corrected chi connectivity index (χ0v) is 13.3. The lowest BCUT2D eigenvalue weighted by atomic mass is 9.79. The Morgan fingerprint density at radius 2 is 1.90 bits per heavy atom. The molecule has 2 fully saturated rings. The highest BCUT2D eigenvalue weighted by atomic mass is 16.5. The number of rotatable bonds is 5. The second-order valence-electron chi connectivity index (χ2n) is 7.49. The van der Waals surface area contributed by atoms with Crippen molar-refractivity contribution in [3.05, 3.63) is 29.8 Å². The van der Waals surface area contributed by atoms with Crippen molar-refractivity contribution in [2.45, 2.75) is 45.7 Å². The molecule has 1 heterocycles. The number of likely N-dealkylation sites (tertiary alicyclic amines) is 1. The van der Waals surface area contributed by atoms with Gasteiger partial charge in [-0.25, -0.2) is 0 Å². The molecule has 1 saturated heterocycles. The van der Waals surface area contributed by atoms with Crippen molar-refractivity contribution in [1.29, 1.82) is 0 Å². The summed E-state index contributed by atoms with van der Waals surface area (Å²) in [5.74, 6) is 1.82. The van der Waals surface area contributed by atoms with Gasteiger partial charge in [-0.05, 0) is 48.3 Å². The molecule has 0 aromatic heterocycles. The van der Waals surface area contributed by atoms with E-state index in [4.69, 9.17) is 10.5 Å². The van der Waals surface area contributed by atoms with Gasteiger partial charge in [0.05, 0.1) is 6.61 Å². The van der Waals surface area contributed by atoms with E-state index in [1.807, 2.05) is 0 Å². The van der Waals surface area contributed by atoms with Gasteiger partial charge in [0, 0.05) is 25.7 Å². The van der Waals surface area contributed by atoms with Crippen molar-refractivity contribution < 1.29 is 4.74 Å². The van der Waals surface area contributed by atoms with Gasteiger partial charge in [-0.1, -0.05) is 26.0 Å². The van der Waals surface area contributed by atoms with E-state index >= 15 is 0 Å². The Balaban J connectivity index is 1.52. The number of nitrogens with zero attached hydrogens (tertiary/aromatic N) is 1. The minimum atomic E-state index is 0.214. The molecule has 1 aromatic rings. The maximum atomic E-state index is 6.21. The van der Waals surface area contributed by atoms with Crippen molar-refractivity contribution in [3.63, 3.8) is 0 Å². The van der Waals surface area contributed by atoms with Crippen LogP contribution in [0.4, 0.5) is 0 Å². The van der Waals surface area contributed by atoms with Crippen LogP contribution in [-0.4, -0.2) is 30.6 Å². The lowest BCUT2D eigenvalue weighted by Gasteiger charge is -2.42. The summed E-state index contributed by atoms with van der Waals surface area (Å²) in [5, 5.41) is 0. The van der Waals surface area contributed by atoms with Gasteiger partial charge in [0.25, 0.3) is 0 Å². The Morgan fingerprint density at radius 3 is 2.52 bits per heavy atom. The van der Waals surface area contributed by atoms with E-state index in [2.05, 4.69) is 43.0 Å². The smallest absolute Gasteiger partial charge is 0.119 e. The molecule has 21 heavy (non-hydrogen) atoms. The topological polar surface area (TPSA) is 38.5 Å². The average Bonchev–Trinajstić information content (AvgIpc) is 3.26. The maximum Gasteiger partial charge on any atom is 0.119 e. The fourth-order valence-corrected chi connectivity index (χ4v) is 3.07. The average molecular weight is 288 g/mol. The largest absolute Gasteiger partial charge is 0.493 e. The van der Waals surface area contributed by atoms with Crippen LogP contribution in [0.5, 0.6) is 5.75 Å². The number of ether oxygens (including phenoxy) is 1. The van der Waals surface area contributed by atoms with E-state index in [1.54, 1.807) is 0 Å². The van der Waals surface area contributed by atoms with E-state index in [9.17, 15) is 0 Å². The number of hydrogen-bond donors (Lipinski definition) is 1. The van der Waals surface area contributed by atoms with Crippen molar-refractivity contribution in [2.24, 2.45) is 17.1 Å². The van der Waals surface area contributed by atoms with Crippen LogP contribution in [-0.2, 0) is 6.54 Å². The third-order valence-electron chi connectivity index (χ3n) is 4.90. The van der Waals surface area contributed by atoms with Crippen molar-refractivity contribution in [2.75, 3.05) is 19.7 Å². The Kier molecular flexibility index (Phi) is 4.23. The van der Waals surface area contributed by atoms with E-state index < -0.39 is 0 Å². The maximum absolute atomic E-state index is 6.21. The zero-order valence-electron chi connectivity index (χ0n) is 13.3. The van der Waals surface area contributed by atoms with Crippen LogP contribution < -0.4 is 10.5 Å². The molecule has 0 radical (unpaired) electrons. The van der Waals surface area contributed by atoms with E-state index in [0.717, 1.165) is 44.3 Å². The molecular formula is C18H28N2O. The molecule has 0 amide bonds. The van der Waals surface area contributed by atoms with Crippen LogP contribution in [0.25, 0.3) is 0 Å². The third-order valence-corrected chi connectivity index (χ3v) is 4.90. The quantitative estimate of drug-likeness (QED) is 0.905. The highest BCUT2D eigenvalue weighted by Crippen LogP contribution is 2.30. The molecule has 116 valence electrons. The van der Waals surface area contributed by atoms with Crippen LogP contribution in [0, 0.1) is 11.3 Å². The zero-order chi connectivity index (χ0) is 14.9. The van der Waals surface area contributed by atoms with E-state index in [0.29, 0.717) is 6.04 Å². The summed E-state index contributed by atoms with van der Waals surface area (Å²) in [4.78, 5) is 2.52. The molecule has 0 spiro atoms. The minimum absolute atomic E-state index is 0.214. The lowest BCUT2D eigenvalue weighted by molar-refractivity contribution is 0.0899. The molecule has 1 unspecified atom stereocenters. The van der Waals surface area contributed by atoms with Gasteiger partial charge in [-0.15, -0.1) is 0 Å². The summed E-state index contributed by atoms with van der Waals surface area (Å²) < 4.78 is 5.79. The minimum Gasteiger partial charge on any atom is -0.493 e. The monoisotopic (exact) mass is 288 g/mol. The number of nitrogens with two attached hydrogens (primary N) is 1. The standard InChI is InChI=1S/C18H28N2O/c1-18(2)13-20(10-9-17(18)19)11-14-5-7-16(8-6-14)21-12-15-3-4-15/h5-8,15,17H,3-4,9-13,19H2,1-2H3. The van der Waals surface area contributed by atoms with Gasteiger partial charge in [0.1, 0.15) is 5.75 Å². The van der Waals surface area contributed by atoms with Crippen LogP contribution in [0.1, 0.15) is 38.7 Å². The van der Waals surface area contributed by atoms with Gasteiger partial charge < -0.3 is 10.5 Å². The first-order valence-electron chi connectivity index (χ1n) is 8.22. The molecule has 0 bridgehead atoms. The van der Waals surface area contributed by atoms with Crippen LogP contribution in [0.2, 0.25) is 0 Å². The molecule has 3 nitrogen and oxygen atoms in total. The number of hydrogen-bond acceptors (Lipinski definition) is 3. The summed E-state index contributed by atoms with van der Waals surface area (Å²) in [6.45, 7) is 8.63. The highest BCUT2D eigenvalue weighted by molar-refractivity contribution is 5.27. The summed E-state index contributed by atoms with van der Waals surface area (Å²) in [6.07, 6.45) is 3.77. The van der Waals surface area contributed by atoms with Crippen LogP contribution >= 0.6 is 0 Å². The first kappa shape index (κ1) is 14.9. The molecule has 1 aromatic carbocycles. The SMILES string of the molecule is CC1(C)CN(Cc2ccc(OCC3CC3)cc2)CCC1N. The Hall–Kier alpha value is -1.06. The first-order valence-corrected chi connectivity index (χ1v) is 8.22. The van der Waals surface area contributed by atoms with Crippen molar-refractivity contribution in [1.82, 2.24) is 4.90 Å². The van der Waals surface area contributed by atoms with E-state index in [-0.39, 0.29) is 5.41 Å². The molecule has 1 atom stereocenters. The highest BCUT2D eigenvalue weighted by Gasteiger charge is 2.33. The predicted octanol–water partition coefficient (Wildman–Crippen LogP) is 3.03. The molecule has 1 aliphatic carbocycles. The Bertz CT molecular complexity index is 465. The number of piperidine rings is 1. The van der Waals surface area contributed by atoms with Gasteiger partial charge in [-0.2, -0.15) is 0 Å². The number of benzene rings is 1. The van der Waals surface area contributed by atoms with Crippen molar-refractivity contribution >= 4 is 0 Å². The Morgan fingerprint density at radius 1 is 1.19 bits per heavy atom. The molecular weight excluding hydrogens is 260 g/mol. The predicted molar refractivity (Wildman–Crippen MR) is 86.3 cm³/mol. The second kappa shape index (κ2) is 5.98. The molecule has 2 aliphatic rings. The summed E-state index contributed by atoms with van der Waals surface area (Å²) in [6, 6.07) is 8.94. The lowest BCUT2D eigenvalue weighted by Crippen LogP contribution is -2.52. The second-order valence-corrected chi connectivity index (χ2v) is 7.49. The molecule has 2 N–H and O–H groups in total. The molecule has 1 saturated carbocycles. The van der Waals surface area contributed by atoms with E-state index in [1.165, 1.54) is 18.4 Å². The summed E-state index contributed by atoms with van der Waals surface area (Å²) >= 11 is 0. The van der Waals surface area contributed by atoms with Gasteiger partial charge in [0.15, 0.2) is 0 Å². The molecule has 1 aliphatic heterocycles. The molecule has 3 rings (SSSR count). The Labute approximate surface area is 128 Å². The first-order chi connectivity index (χ1) is 10.0. The van der Waals surface area contributed by atoms with Gasteiger partial charge >= 0.3 is 0 Å². The fourth-order valence-electron chi connectivity index (χ4n) is 3.07. The fraction of sp³-hybridized carbons (Fsp3) is 0.667. The summed E-state index contributed by atoms with van der Waals surface area (Å²) in [7, 11) is 0.